The lowest BCUT2D eigenvalue weighted by molar-refractivity contribution is -0.142. The van der Waals surface area contributed by atoms with Gasteiger partial charge < -0.3 is 14.8 Å². The monoisotopic (exact) mass is 446 g/mol. The first kappa shape index (κ1) is 22.7. The van der Waals surface area contributed by atoms with Crippen LogP contribution in [-0.4, -0.2) is 50.7 Å². The minimum Gasteiger partial charge on any atom is -0.342 e. The number of carbonyl (C=O) groups excluding carboxylic acids is 2. The van der Waals surface area contributed by atoms with E-state index < -0.39 is 0 Å². The SMILES string of the molecule is CC(C)N(Cc1nc2ccccc2c(=O)[nH]1)C(=O)C1CCCN(C(=O)Cc2ccccc2)C1. The minimum absolute atomic E-state index is 0.00183. The number of hydrogen-bond acceptors (Lipinski definition) is 4. The summed E-state index contributed by atoms with van der Waals surface area (Å²) in [7, 11) is 0. The molecule has 0 radical (unpaired) electrons. The first-order valence-corrected chi connectivity index (χ1v) is 11.5. The van der Waals surface area contributed by atoms with Gasteiger partial charge in [0.15, 0.2) is 0 Å². The molecule has 1 N–H and O–H groups in total. The summed E-state index contributed by atoms with van der Waals surface area (Å²) in [5, 5.41) is 0.531. The van der Waals surface area contributed by atoms with Gasteiger partial charge in [0, 0.05) is 19.1 Å². The smallest absolute Gasteiger partial charge is 0.258 e. The Hall–Kier alpha value is -3.48. The molecule has 172 valence electrons. The quantitative estimate of drug-likeness (QED) is 0.630. The van der Waals surface area contributed by atoms with Crippen molar-refractivity contribution in [3.05, 3.63) is 76.3 Å². The first-order valence-electron chi connectivity index (χ1n) is 11.5. The van der Waals surface area contributed by atoms with Gasteiger partial charge >= 0.3 is 0 Å². The van der Waals surface area contributed by atoms with Crippen molar-refractivity contribution in [2.24, 2.45) is 5.92 Å². The second kappa shape index (κ2) is 9.98. The third kappa shape index (κ3) is 5.30. The highest BCUT2D eigenvalue weighted by atomic mass is 16.2. The summed E-state index contributed by atoms with van der Waals surface area (Å²) in [6, 6.07) is 16.8. The molecule has 1 atom stereocenters. The van der Waals surface area contributed by atoms with Crippen molar-refractivity contribution >= 4 is 22.7 Å². The van der Waals surface area contributed by atoms with Crippen molar-refractivity contribution in [1.82, 2.24) is 19.8 Å². The topological polar surface area (TPSA) is 86.4 Å². The third-order valence-electron chi connectivity index (χ3n) is 6.21. The molecule has 2 amide bonds. The van der Waals surface area contributed by atoms with Gasteiger partial charge in [-0.15, -0.1) is 0 Å². The number of nitrogens with zero attached hydrogens (tertiary/aromatic N) is 3. The summed E-state index contributed by atoms with van der Waals surface area (Å²) in [6.07, 6.45) is 1.89. The van der Waals surface area contributed by atoms with Crippen molar-refractivity contribution in [2.45, 2.75) is 45.7 Å². The molecule has 3 aromatic rings. The van der Waals surface area contributed by atoms with Gasteiger partial charge in [-0.3, -0.25) is 14.4 Å². The van der Waals surface area contributed by atoms with Crippen molar-refractivity contribution in [2.75, 3.05) is 13.1 Å². The maximum atomic E-state index is 13.5. The van der Waals surface area contributed by atoms with Crippen molar-refractivity contribution < 1.29 is 9.59 Å². The van der Waals surface area contributed by atoms with Crippen LogP contribution < -0.4 is 5.56 Å². The Morgan fingerprint density at radius 1 is 1.12 bits per heavy atom. The molecule has 2 heterocycles. The lowest BCUT2D eigenvalue weighted by Gasteiger charge is -2.36. The van der Waals surface area contributed by atoms with Gasteiger partial charge in [0.05, 0.1) is 29.8 Å². The molecule has 33 heavy (non-hydrogen) atoms. The number of benzene rings is 2. The molecule has 7 nitrogen and oxygen atoms in total. The highest BCUT2D eigenvalue weighted by molar-refractivity contribution is 5.82. The highest BCUT2D eigenvalue weighted by Gasteiger charge is 2.32. The molecule has 1 aliphatic rings. The summed E-state index contributed by atoms with van der Waals surface area (Å²) in [4.78, 5) is 49.7. The number of fused-ring (bicyclic) bond motifs is 1. The number of aromatic amines is 1. The molecule has 7 heteroatoms. The van der Waals surface area contributed by atoms with Crippen LogP contribution in [0.3, 0.4) is 0 Å². The van der Waals surface area contributed by atoms with Crippen LogP contribution in [0.2, 0.25) is 0 Å². The first-order chi connectivity index (χ1) is 15.9. The van der Waals surface area contributed by atoms with Gasteiger partial charge in [-0.1, -0.05) is 42.5 Å². The summed E-state index contributed by atoms with van der Waals surface area (Å²) in [5.41, 5.74) is 1.39. The van der Waals surface area contributed by atoms with E-state index in [0.717, 1.165) is 18.4 Å². The zero-order valence-corrected chi connectivity index (χ0v) is 19.2. The standard InChI is InChI=1S/C26H30N4O3/c1-18(2)30(17-23-27-22-13-7-6-12-21(22)25(32)28-23)26(33)20-11-8-14-29(16-20)24(31)15-19-9-4-3-5-10-19/h3-7,9-10,12-13,18,20H,8,11,14-17H2,1-2H3,(H,27,28,32). The number of rotatable bonds is 6. The maximum Gasteiger partial charge on any atom is 0.258 e. The Bertz CT molecular complexity index is 1190. The van der Waals surface area contributed by atoms with E-state index in [1.807, 2.05) is 55.1 Å². The maximum absolute atomic E-state index is 13.5. The largest absolute Gasteiger partial charge is 0.342 e. The van der Waals surface area contributed by atoms with Crippen molar-refractivity contribution in [3.8, 4) is 0 Å². The predicted molar refractivity (Wildman–Crippen MR) is 127 cm³/mol. The Labute approximate surface area is 193 Å². The number of amides is 2. The molecular formula is C26H30N4O3. The number of H-pyrrole nitrogens is 1. The van der Waals surface area contributed by atoms with E-state index in [2.05, 4.69) is 9.97 Å². The fourth-order valence-electron chi connectivity index (χ4n) is 4.41. The van der Waals surface area contributed by atoms with Crippen molar-refractivity contribution in [1.29, 1.82) is 0 Å². The zero-order valence-electron chi connectivity index (χ0n) is 19.2. The zero-order chi connectivity index (χ0) is 23.4. The molecule has 0 aliphatic carbocycles. The lowest BCUT2D eigenvalue weighted by Crippen LogP contribution is -2.48. The van der Waals surface area contributed by atoms with E-state index in [4.69, 9.17) is 0 Å². The number of carbonyl (C=O) groups is 2. The molecule has 2 aromatic carbocycles. The van der Waals surface area contributed by atoms with Crippen LogP contribution in [0.15, 0.2) is 59.4 Å². The highest BCUT2D eigenvalue weighted by Crippen LogP contribution is 2.22. The van der Waals surface area contributed by atoms with Crippen LogP contribution in [-0.2, 0) is 22.6 Å². The van der Waals surface area contributed by atoms with Crippen LogP contribution in [0, 0.1) is 5.92 Å². The number of nitrogens with one attached hydrogen (secondary N) is 1. The van der Waals surface area contributed by atoms with Crippen LogP contribution >= 0.6 is 0 Å². The summed E-state index contributed by atoms with van der Waals surface area (Å²) in [6.45, 7) is 5.24. The molecule has 0 spiro atoms. The van der Waals surface area contributed by atoms with Gasteiger partial charge in [-0.05, 0) is 44.4 Å². The molecule has 1 saturated heterocycles. The average molecular weight is 447 g/mol. The van der Waals surface area contributed by atoms with Gasteiger partial charge in [-0.25, -0.2) is 4.98 Å². The van der Waals surface area contributed by atoms with Crippen LogP contribution in [0.25, 0.3) is 10.9 Å². The predicted octanol–water partition coefficient (Wildman–Crippen LogP) is 3.14. The number of piperidine rings is 1. The van der Waals surface area contributed by atoms with Gasteiger partial charge in [0.25, 0.3) is 5.56 Å². The summed E-state index contributed by atoms with van der Waals surface area (Å²) in [5.74, 6) is 0.259. The minimum atomic E-state index is -0.256. The second-order valence-corrected chi connectivity index (χ2v) is 8.93. The van der Waals surface area contributed by atoms with Crippen LogP contribution in [0.4, 0.5) is 0 Å². The van der Waals surface area contributed by atoms with Gasteiger partial charge in [0.1, 0.15) is 5.82 Å². The van der Waals surface area contributed by atoms with E-state index in [1.54, 1.807) is 23.1 Å². The van der Waals surface area contributed by atoms with Gasteiger partial charge in [0.2, 0.25) is 11.8 Å². The van der Waals surface area contributed by atoms with Crippen LogP contribution in [0.1, 0.15) is 38.1 Å². The summed E-state index contributed by atoms with van der Waals surface area (Å²) >= 11 is 0. The van der Waals surface area contributed by atoms with Crippen molar-refractivity contribution in [3.63, 3.8) is 0 Å². The second-order valence-electron chi connectivity index (χ2n) is 8.93. The molecule has 0 saturated carbocycles. The molecule has 4 rings (SSSR count). The van der Waals surface area contributed by atoms with E-state index >= 15 is 0 Å². The fourth-order valence-corrected chi connectivity index (χ4v) is 4.41. The normalized spacial score (nSPS) is 16.2. The molecule has 1 aromatic heterocycles. The van der Waals surface area contributed by atoms with E-state index in [9.17, 15) is 14.4 Å². The Morgan fingerprint density at radius 2 is 1.85 bits per heavy atom. The van der Waals surface area contributed by atoms with E-state index in [-0.39, 0.29) is 35.9 Å². The number of para-hydroxylation sites is 1. The molecule has 0 bridgehead atoms. The molecular weight excluding hydrogens is 416 g/mol. The molecule has 1 unspecified atom stereocenters. The Balaban J connectivity index is 1.47. The Kier molecular flexibility index (Phi) is 6.87. The van der Waals surface area contributed by atoms with E-state index in [0.29, 0.717) is 36.2 Å². The lowest BCUT2D eigenvalue weighted by atomic mass is 9.95. The molecule has 1 fully saturated rings. The molecule has 1 aliphatic heterocycles. The Morgan fingerprint density at radius 3 is 2.61 bits per heavy atom. The average Bonchev–Trinajstić information content (AvgIpc) is 2.83. The fraction of sp³-hybridized carbons (Fsp3) is 0.385. The van der Waals surface area contributed by atoms with Gasteiger partial charge in [-0.2, -0.15) is 0 Å². The third-order valence-corrected chi connectivity index (χ3v) is 6.21. The summed E-state index contributed by atoms with van der Waals surface area (Å²) < 4.78 is 0. The number of likely N-dealkylation sites (tertiary alicyclic amines) is 1. The number of aromatic nitrogens is 2. The van der Waals surface area contributed by atoms with Crippen LogP contribution in [0.5, 0.6) is 0 Å². The number of hydrogen-bond donors (Lipinski definition) is 1. The van der Waals surface area contributed by atoms with E-state index in [1.165, 1.54) is 0 Å².